The zero-order chi connectivity index (χ0) is 17.0. The van der Waals surface area contributed by atoms with Gasteiger partial charge in [-0.1, -0.05) is 11.6 Å². The molecule has 0 aliphatic carbocycles. The maximum Gasteiger partial charge on any atom is 0.416 e. The Kier molecular flexibility index (Phi) is 5.10. The van der Waals surface area contributed by atoms with Gasteiger partial charge in [0.15, 0.2) is 6.61 Å². The Balaban J connectivity index is 1.90. The summed E-state index contributed by atoms with van der Waals surface area (Å²) in [6, 6.07) is 7.58. The summed E-state index contributed by atoms with van der Waals surface area (Å²) in [5.41, 5.74) is -0.614. The Bertz CT molecular complexity index is 702. The van der Waals surface area contributed by atoms with Crippen molar-refractivity contribution in [2.24, 2.45) is 0 Å². The van der Waals surface area contributed by atoms with Crippen molar-refractivity contribution in [3.05, 3.63) is 58.9 Å². The molecule has 0 radical (unpaired) electrons. The first-order chi connectivity index (χ1) is 10.8. The van der Waals surface area contributed by atoms with E-state index in [0.717, 1.165) is 30.3 Å². The lowest BCUT2D eigenvalue weighted by Gasteiger charge is -2.10. The van der Waals surface area contributed by atoms with Crippen molar-refractivity contribution in [3.63, 3.8) is 0 Å². The zero-order valence-electron chi connectivity index (χ0n) is 11.5. The summed E-state index contributed by atoms with van der Waals surface area (Å²) >= 11 is 5.56. The Morgan fingerprint density at radius 3 is 2.35 bits per heavy atom. The topological polar surface area (TPSA) is 38.3 Å². The number of alkyl halides is 3. The van der Waals surface area contributed by atoms with Crippen molar-refractivity contribution in [2.45, 2.75) is 6.18 Å². The predicted molar refractivity (Wildman–Crippen MR) is 77.0 cm³/mol. The maximum atomic E-state index is 13.0. The van der Waals surface area contributed by atoms with Crippen molar-refractivity contribution in [1.82, 2.24) is 0 Å². The molecule has 0 atom stereocenters. The Hall–Kier alpha value is -2.28. The Labute approximate surface area is 133 Å². The molecule has 0 bridgehead atoms. The number of hydrogen-bond acceptors (Lipinski definition) is 2. The van der Waals surface area contributed by atoms with E-state index in [4.69, 9.17) is 16.3 Å². The number of hydrogen-bond donors (Lipinski definition) is 1. The Morgan fingerprint density at radius 2 is 1.78 bits per heavy atom. The molecule has 0 unspecified atom stereocenters. The van der Waals surface area contributed by atoms with Gasteiger partial charge in [-0.3, -0.25) is 4.79 Å². The average molecular weight is 348 g/mol. The maximum absolute atomic E-state index is 13.0. The fraction of sp³-hybridized carbons (Fsp3) is 0.133. The first-order valence-electron chi connectivity index (χ1n) is 6.30. The summed E-state index contributed by atoms with van der Waals surface area (Å²) in [5, 5.41) is 2.23. The number of carbonyl (C=O) groups excluding carboxylic acids is 1. The van der Waals surface area contributed by atoms with Gasteiger partial charge >= 0.3 is 6.18 Å². The van der Waals surface area contributed by atoms with Crippen molar-refractivity contribution in [3.8, 4) is 5.75 Å². The van der Waals surface area contributed by atoms with E-state index < -0.39 is 30.1 Å². The molecule has 0 aromatic heterocycles. The van der Waals surface area contributed by atoms with Crippen LogP contribution >= 0.6 is 11.6 Å². The van der Waals surface area contributed by atoms with E-state index in [1.54, 1.807) is 0 Å². The number of nitrogens with one attached hydrogen (secondary N) is 1. The van der Waals surface area contributed by atoms with Gasteiger partial charge < -0.3 is 10.1 Å². The molecular weight excluding hydrogens is 338 g/mol. The molecule has 0 spiro atoms. The molecule has 0 aliphatic rings. The van der Waals surface area contributed by atoms with Crippen LogP contribution in [0.3, 0.4) is 0 Å². The van der Waals surface area contributed by atoms with E-state index in [9.17, 15) is 22.4 Å². The average Bonchev–Trinajstić information content (AvgIpc) is 2.48. The lowest BCUT2D eigenvalue weighted by molar-refractivity contribution is -0.137. The predicted octanol–water partition coefficient (Wildman–Crippen LogP) is 4.52. The summed E-state index contributed by atoms with van der Waals surface area (Å²) in [6.07, 6.45) is -4.44. The zero-order valence-corrected chi connectivity index (χ0v) is 12.2. The summed E-state index contributed by atoms with van der Waals surface area (Å²) in [6.45, 7) is -0.400. The number of benzene rings is 2. The summed E-state index contributed by atoms with van der Waals surface area (Å²) < 4.78 is 55.3. The van der Waals surface area contributed by atoms with Crippen LogP contribution in [0.15, 0.2) is 42.5 Å². The summed E-state index contributed by atoms with van der Waals surface area (Å²) in [7, 11) is 0. The van der Waals surface area contributed by atoms with Gasteiger partial charge in [0, 0.05) is 11.8 Å². The molecule has 2 aromatic rings. The highest BCUT2D eigenvalue weighted by Gasteiger charge is 2.29. The van der Waals surface area contributed by atoms with Crippen LogP contribution in [-0.2, 0) is 11.0 Å². The smallest absolute Gasteiger partial charge is 0.416 e. The molecule has 2 aromatic carbocycles. The van der Waals surface area contributed by atoms with Gasteiger partial charge in [-0.2, -0.15) is 13.2 Å². The highest BCUT2D eigenvalue weighted by Crippen LogP contribution is 2.29. The molecule has 3 nitrogen and oxygen atoms in total. The second-order valence-corrected chi connectivity index (χ2v) is 4.90. The second kappa shape index (κ2) is 6.87. The molecule has 1 amide bonds. The first-order valence-corrected chi connectivity index (χ1v) is 6.68. The number of carbonyl (C=O) groups is 1. The fourth-order valence-corrected chi connectivity index (χ4v) is 1.83. The van der Waals surface area contributed by atoms with Crippen molar-refractivity contribution >= 4 is 23.2 Å². The molecule has 0 fully saturated rings. The lowest BCUT2D eigenvalue weighted by atomic mass is 10.2. The Morgan fingerprint density at radius 1 is 1.13 bits per heavy atom. The normalized spacial score (nSPS) is 11.2. The second-order valence-electron chi connectivity index (χ2n) is 4.49. The van der Waals surface area contributed by atoms with E-state index in [-0.39, 0.29) is 16.5 Å². The highest BCUT2D eigenvalue weighted by molar-refractivity contribution is 6.30. The molecular formula is C15H10ClF4NO2. The van der Waals surface area contributed by atoms with Gasteiger partial charge in [-0.15, -0.1) is 0 Å². The molecule has 0 aliphatic heterocycles. The largest absolute Gasteiger partial charge is 0.484 e. The molecule has 23 heavy (non-hydrogen) atoms. The number of rotatable bonds is 4. The van der Waals surface area contributed by atoms with E-state index in [0.29, 0.717) is 0 Å². The monoisotopic (exact) mass is 347 g/mol. The summed E-state index contributed by atoms with van der Waals surface area (Å²) in [5.74, 6) is -1.00. The summed E-state index contributed by atoms with van der Waals surface area (Å²) in [4.78, 5) is 11.7. The molecule has 122 valence electrons. The van der Waals surface area contributed by atoms with E-state index in [2.05, 4.69) is 5.32 Å². The lowest BCUT2D eigenvalue weighted by Crippen LogP contribution is -2.20. The van der Waals surface area contributed by atoms with Gasteiger partial charge in [0.25, 0.3) is 5.91 Å². The third-order valence-electron chi connectivity index (χ3n) is 2.76. The minimum atomic E-state index is -4.44. The highest BCUT2D eigenvalue weighted by atomic mass is 35.5. The van der Waals surface area contributed by atoms with Crippen molar-refractivity contribution in [1.29, 1.82) is 0 Å². The van der Waals surface area contributed by atoms with Crippen molar-refractivity contribution < 1.29 is 27.1 Å². The van der Waals surface area contributed by atoms with Crippen LogP contribution in [0, 0.1) is 5.82 Å². The number of halogens is 5. The van der Waals surface area contributed by atoms with Crippen molar-refractivity contribution in [2.75, 3.05) is 11.9 Å². The molecule has 2 rings (SSSR count). The van der Waals surface area contributed by atoms with Gasteiger partial charge in [0.2, 0.25) is 0 Å². The van der Waals surface area contributed by atoms with E-state index in [1.165, 1.54) is 12.1 Å². The van der Waals surface area contributed by atoms with Crippen LogP contribution in [0.2, 0.25) is 5.02 Å². The van der Waals surface area contributed by atoms with Crippen LogP contribution in [-0.4, -0.2) is 12.5 Å². The SMILES string of the molecule is O=C(COc1ccc(F)c(Cl)c1)Nc1ccc(C(F)(F)F)cc1. The minimum Gasteiger partial charge on any atom is -0.484 e. The fourth-order valence-electron chi connectivity index (χ4n) is 1.66. The van der Waals surface area contributed by atoms with Crippen LogP contribution in [0.4, 0.5) is 23.2 Å². The van der Waals surface area contributed by atoms with Gasteiger partial charge in [-0.05, 0) is 36.4 Å². The third kappa shape index (κ3) is 4.85. The van der Waals surface area contributed by atoms with Crippen LogP contribution in [0.1, 0.15) is 5.56 Å². The van der Waals surface area contributed by atoms with Gasteiger partial charge in [-0.25, -0.2) is 4.39 Å². The van der Waals surface area contributed by atoms with E-state index >= 15 is 0 Å². The quantitative estimate of drug-likeness (QED) is 0.826. The first kappa shape index (κ1) is 17.1. The molecule has 8 heteroatoms. The van der Waals surface area contributed by atoms with Gasteiger partial charge in [0.05, 0.1) is 10.6 Å². The number of anilines is 1. The molecule has 0 heterocycles. The van der Waals surface area contributed by atoms with Gasteiger partial charge in [0.1, 0.15) is 11.6 Å². The number of amides is 1. The molecule has 1 N–H and O–H groups in total. The number of ether oxygens (including phenoxy) is 1. The third-order valence-corrected chi connectivity index (χ3v) is 3.05. The van der Waals surface area contributed by atoms with Crippen LogP contribution in [0.25, 0.3) is 0 Å². The van der Waals surface area contributed by atoms with Crippen LogP contribution in [0.5, 0.6) is 5.75 Å². The minimum absolute atomic E-state index is 0.148. The van der Waals surface area contributed by atoms with E-state index in [1.807, 2.05) is 0 Å². The molecule has 0 saturated carbocycles. The standard InChI is InChI=1S/C15H10ClF4NO2/c16-12-7-11(5-6-13(12)17)23-8-14(22)21-10-3-1-9(2-4-10)15(18,19)20/h1-7H,8H2,(H,21,22). The van der Waals surface area contributed by atoms with Crippen LogP contribution < -0.4 is 10.1 Å². The molecule has 0 saturated heterocycles.